The van der Waals surface area contributed by atoms with Gasteiger partial charge in [-0.2, -0.15) is 5.01 Å². The van der Waals surface area contributed by atoms with Gasteiger partial charge in [-0.1, -0.05) is 30.3 Å². The summed E-state index contributed by atoms with van der Waals surface area (Å²) in [6.07, 6.45) is 0.969. The van der Waals surface area contributed by atoms with Gasteiger partial charge in [-0.25, -0.2) is 4.79 Å². The molecule has 0 radical (unpaired) electrons. The molecule has 1 aliphatic heterocycles. The summed E-state index contributed by atoms with van der Waals surface area (Å²) in [6.45, 7) is 3.74. The Morgan fingerprint density at radius 1 is 1.44 bits per heavy atom. The predicted molar refractivity (Wildman–Crippen MR) is 66.1 cm³/mol. The third-order valence-electron chi connectivity index (χ3n) is 2.70. The van der Waals surface area contributed by atoms with Gasteiger partial charge in [0.1, 0.15) is 0 Å². The number of carbonyl (C=O) groups is 1. The van der Waals surface area contributed by atoms with E-state index in [1.54, 1.807) is 44.2 Å². The Hall–Kier alpha value is -2.01. The highest BCUT2D eigenvalue weighted by molar-refractivity contribution is 5.69. The van der Waals surface area contributed by atoms with Crippen molar-refractivity contribution in [3.8, 4) is 0 Å². The van der Waals surface area contributed by atoms with Crippen LogP contribution in [0.3, 0.4) is 0 Å². The summed E-state index contributed by atoms with van der Waals surface area (Å²) < 4.78 is 4.92. The highest BCUT2D eigenvalue weighted by Crippen LogP contribution is 2.31. The van der Waals surface area contributed by atoms with Gasteiger partial charge in [0.05, 0.1) is 6.61 Å². The first-order valence-electron chi connectivity index (χ1n) is 5.79. The van der Waals surface area contributed by atoms with Gasteiger partial charge in [0.25, 0.3) is 0 Å². The average Bonchev–Trinajstić information content (AvgIpc) is 2.68. The molecule has 5 heteroatoms. The molecule has 1 heterocycles. The lowest BCUT2D eigenvalue weighted by Crippen LogP contribution is -2.50. The number of hydrogen-bond acceptors (Lipinski definition) is 4. The number of carbonyl (C=O) groups excluding carboxylic acids is 1. The van der Waals surface area contributed by atoms with Crippen LogP contribution in [0.4, 0.5) is 4.79 Å². The summed E-state index contributed by atoms with van der Waals surface area (Å²) in [5.41, 5.74) is 2.57. The second-order valence-electron chi connectivity index (χ2n) is 4.07. The number of benzene rings is 1. The van der Waals surface area contributed by atoms with Crippen LogP contribution in [-0.2, 0) is 10.5 Å². The number of amides is 1. The quantitative estimate of drug-likeness (QED) is 0.836. The van der Waals surface area contributed by atoms with Gasteiger partial charge in [-0.3, -0.25) is 5.43 Å². The van der Waals surface area contributed by atoms with Crippen LogP contribution in [0.15, 0.2) is 42.1 Å². The first-order chi connectivity index (χ1) is 8.58. The van der Waals surface area contributed by atoms with Crippen molar-refractivity contribution < 1.29 is 14.6 Å². The largest absolute Gasteiger partial charge is 0.448 e. The molecule has 2 N–H and O–H groups in total. The van der Waals surface area contributed by atoms with Gasteiger partial charge in [0.15, 0.2) is 0 Å². The first-order valence-corrected chi connectivity index (χ1v) is 5.79. The minimum atomic E-state index is -1.52. The monoisotopic (exact) mass is 248 g/mol. The summed E-state index contributed by atoms with van der Waals surface area (Å²) in [5, 5.41) is 11.8. The van der Waals surface area contributed by atoms with Crippen LogP contribution in [0, 0.1) is 0 Å². The van der Waals surface area contributed by atoms with E-state index in [1.165, 1.54) is 0 Å². The smallest absolute Gasteiger partial charge is 0.431 e. The maximum atomic E-state index is 11.8. The van der Waals surface area contributed by atoms with Crippen molar-refractivity contribution in [2.24, 2.45) is 0 Å². The molecular formula is C13H16N2O3. The zero-order valence-electron chi connectivity index (χ0n) is 10.4. The van der Waals surface area contributed by atoms with Crippen LogP contribution in [0.1, 0.15) is 19.4 Å². The summed E-state index contributed by atoms with van der Waals surface area (Å²) in [6, 6.07) is 8.96. The van der Waals surface area contributed by atoms with Crippen LogP contribution >= 0.6 is 0 Å². The number of rotatable bonds is 2. The van der Waals surface area contributed by atoms with Gasteiger partial charge < -0.3 is 9.84 Å². The molecule has 96 valence electrons. The fraction of sp³-hybridized carbons (Fsp3) is 0.308. The number of aliphatic hydroxyl groups is 1. The third-order valence-corrected chi connectivity index (χ3v) is 2.70. The molecule has 0 spiro atoms. The van der Waals surface area contributed by atoms with E-state index < -0.39 is 11.8 Å². The van der Waals surface area contributed by atoms with Crippen molar-refractivity contribution in [1.82, 2.24) is 10.4 Å². The van der Waals surface area contributed by atoms with Crippen LogP contribution < -0.4 is 5.43 Å². The van der Waals surface area contributed by atoms with Crippen LogP contribution in [0.2, 0.25) is 0 Å². The molecule has 2 rings (SSSR count). The Morgan fingerprint density at radius 2 is 2.11 bits per heavy atom. The van der Waals surface area contributed by atoms with Crippen molar-refractivity contribution in [3.05, 3.63) is 47.7 Å². The SMILES string of the molecule is CCOC(=O)N1NC(C)=CC1(O)c1ccccc1. The molecule has 18 heavy (non-hydrogen) atoms. The lowest BCUT2D eigenvalue weighted by Gasteiger charge is -2.31. The van der Waals surface area contributed by atoms with E-state index in [4.69, 9.17) is 4.74 Å². The lowest BCUT2D eigenvalue weighted by molar-refractivity contribution is -0.0705. The Morgan fingerprint density at radius 3 is 2.72 bits per heavy atom. The van der Waals surface area contributed by atoms with Crippen LogP contribution in [0.25, 0.3) is 0 Å². The Labute approximate surface area is 106 Å². The van der Waals surface area contributed by atoms with Crippen LogP contribution in [0.5, 0.6) is 0 Å². The van der Waals surface area contributed by atoms with Crippen molar-refractivity contribution in [1.29, 1.82) is 0 Å². The van der Waals surface area contributed by atoms with E-state index in [1.807, 2.05) is 6.07 Å². The molecule has 0 saturated carbocycles. The molecule has 1 aromatic carbocycles. The lowest BCUT2D eigenvalue weighted by atomic mass is 10.0. The number of allylic oxidation sites excluding steroid dienone is 1. The van der Waals surface area contributed by atoms with Gasteiger partial charge in [0.2, 0.25) is 5.72 Å². The zero-order valence-corrected chi connectivity index (χ0v) is 10.4. The van der Waals surface area contributed by atoms with Gasteiger partial charge in [0, 0.05) is 11.3 Å². The first kappa shape index (κ1) is 12.4. The van der Waals surface area contributed by atoms with Crippen molar-refractivity contribution in [2.75, 3.05) is 6.61 Å². The van der Waals surface area contributed by atoms with E-state index in [0.29, 0.717) is 11.3 Å². The molecule has 0 aromatic heterocycles. The molecule has 1 atom stereocenters. The summed E-state index contributed by atoms with van der Waals surface area (Å²) >= 11 is 0. The number of nitrogens with zero attached hydrogens (tertiary/aromatic N) is 1. The fourth-order valence-electron chi connectivity index (χ4n) is 1.93. The van der Waals surface area contributed by atoms with Crippen molar-refractivity contribution in [2.45, 2.75) is 19.6 Å². The number of hydrazine groups is 1. The van der Waals surface area contributed by atoms with Crippen molar-refractivity contribution in [3.63, 3.8) is 0 Å². The molecule has 0 bridgehead atoms. The van der Waals surface area contributed by atoms with E-state index in [0.717, 1.165) is 5.01 Å². The number of nitrogens with one attached hydrogen (secondary N) is 1. The predicted octanol–water partition coefficient (Wildman–Crippen LogP) is 1.71. The summed E-state index contributed by atoms with van der Waals surface area (Å²) in [4.78, 5) is 11.8. The maximum Gasteiger partial charge on any atom is 0.431 e. The highest BCUT2D eigenvalue weighted by Gasteiger charge is 2.43. The van der Waals surface area contributed by atoms with Gasteiger partial charge in [-0.15, -0.1) is 0 Å². The maximum absolute atomic E-state index is 11.8. The number of ether oxygens (including phenoxy) is 1. The molecule has 5 nitrogen and oxygen atoms in total. The van der Waals surface area contributed by atoms with Crippen molar-refractivity contribution >= 4 is 6.09 Å². The van der Waals surface area contributed by atoms with E-state index >= 15 is 0 Å². The molecule has 1 amide bonds. The minimum Gasteiger partial charge on any atom is -0.448 e. The molecule has 1 aromatic rings. The molecule has 0 saturated heterocycles. The Kier molecular flexibility index (Phi) is 3.25. The van der Waals surface area contributed by atoms with Gasteiger partial charge >= 0.3 is 6.09 Å². The second kappa shape index (κ2) is 4.70. The molecule has 1 aliphatic rings. The summed E-state index contributed by atoms with van der Waals surface area (Å²) in [7, 11) is 0. The summed E-state index contributed by atoms with van der Waals surface area (Å²) in [5.74, 6) is 0. The normalized spacial score (nSPS) is 22.4. The fourth-order valence-corrected chi connectivity index (χ4v) is 1.93. The molecule has 1 unspecified atom stereocenters. The van der Waals surface area contributed by atoms with Crippen LogP contribution in [-0.4, -0.2) is 22.8 Å². The van der Waals surface area contributed by atoms with E-state index in [2.05, 4.69) is 5.43 Å². The standard InChI is InChI=1S/C13H16N2O3/c1-3-18-12(16)15-13(17,9-10(2)14-15)11-7-5-4-6-8-11/h4-9,14,17H,3H2,1-2H3. The Balaban J connectivity index is 2.36. The van der Waals surface area contributed by atoms with E-state index in [9.17, 15) is 9.90 Å². The molecular weight excluding hydrogens is 232 g/mol. The zero-order chi connectivity index (χ0) is 13.2. The number of hydrogen-bond donors (Lipinski definition) is 2. The van der Waals surface area contributed by atoms with Gasteiger partial charge in [-0.05, 0) is 19.9 Å². The highest BCUT2D eigenvalue weighted by atomic mass is 16.6. The Bertz CT molecular complexity index is 472. The topological polar surface area (TPSA) is 61.8 Å². The minimum absolute atomic E-state index is 0.251. The van der Waals surface area contributed by atoms with E-state index in [-0.39, 0.29) is 6.61 Å². The second-order valence-corrected chi connectivity index (χ2v) is 4.07. The third kappa shape index (κ3) is 2.04. The average molecular weight is 248 g/mol. The molecule has 0 fully saturated rings. The molecule has 0 aliphatic carbocycles.